The van der Waals surface area contributed by atoms with Gasteiger partial charge in [-0.3, -0.25) is 4.79 Å². The average Bonchev–Trinajstić information content (AvgIpc) is 2.11. The Labute approximate surface area is 62.8 Å². The Hall–Kier alpha value is -0.330. The van der Waals surface area contributed by atoms with Gasteiger partial charge >= 0.3 is 0 Å². The quantitative estimate of drug-likeness (QED) is 0.546. The van der Waals surface area contributed by atoms with Crippen LogP contribution >= 0.6 is 0 Å². The van der Waals surface area contributed by atoms with Gasteiger partial charge in [0.2, 0.25) is 0 Å². The SMILES string of the molecule is CC(=O)C1[C@@H](C)CC[C@@H]1C. The van der Waals surface area contributed by atoms with Crippen LogP contribution in [0.1, 0.15) is 33.6 Å². The molecule has 0 aliphatic heterocycles. The van der Waals surface area contributed by atoms with Crippen LogP contribution in [0.5, 0.6) is 0 Å². The topological polar surface area (TPSA) is 17.1 Å². The fourth-order valence-electron chi connectivity index (χ4n) is 2.25. The summed E-state index contributed by atoms with van der Waals surface area (Å²) in [6.07, 6.45) is 2.48. The Morgan fingerprint density at radius 3 is 1.80 bits per heavy atom. The van der Waals surface area contributed by atoms with Gasteiger partial charge in [-0.25, -0.2) is 0 Å². The summed E-state index contributed by atoms with van der Waals surface area (Å²) < 4.78 is 0. The van der Waals surface area contributed by atoms with Gasteiger partial charge in [0.25, 0.3) is 0 Å². The summed E-state index contributed by atoms with van der Waals surface area (Å²) in [5.41, 5.74) is 0. The minimum absolute atomic E-state index is 0.361. The molecule has 58 valence electrons. The molecule has 10 heavy (non-hydrogen) atoms. The first kappa shape index (κ1) is 7.77. The van der Waals surface area contributed by atoms with E-state index in [1.54, 1.807) is 6.92 Å². The van der Waals surface area contributed by atoms with Gasteiger partial charge in [0, 0.05) is 5.92 Å². The third kappa shape index (κ3) is 1.23. The zero-order valence-corrected chi connectivity index (χ0v) is 7.05. The zero-order chi connectivity index (χ0) is 7.72. The molecule has 0 heterocycles. The van der Waals surface area contributed by atoms with Gasteiger partial charge in [0.15, 0.2) is 0 Å². The van der Waals surface area contributed by atoms with Gasteiger partial charge in [0.05, 0.1) is 0 Å². The third-order valence-electron chi connectivity index (χ3n) is 2.77. The molecule has 1 nitrogen and oxygen atoms in total. The van der Waals surface area contributed by atoms with E-state index < -0.39 is 0 Å². The van der Waals surface area contributed by atoms with Crippen molar-refractivity contribution in [3.63, 3.8) is 0 Å². The molecular formula is C9H16O. The second kappa shape index (κ2) is 2.73. The van der Waals surface area contributed by atoms with Gasteiger partial charge in [-0.1, -0.05) is 13.8 Å². The van der Waals surface area contributed by atoms with Crippen LogP contribution < -0.4 is 0 Å². The molecule has 0 amide bonds. The third-order valence-corrected chi connectivity index (χ3v) is 2.77. The smallest absolute Gasteiger partial charge is 0.133 e. The van der Waals surface area contributed by atoms with E-state index in [1.807, 2.05) is 0 Å². The largest absolute Gasteiger partial charge is 0.300 e. The van der Waals surface area contributed by atoms with E-state index in [1.165, 1.54) is 12.8 Å². The summed E-state index contributed by atoms with van der Waals surface area (Å²) in [7, 11) is 0. The number of ketones is 1. The highest BCUT2D eigenvalue weighted by Gasteiger charge is 2.33. The van der Waals surface area contributed by atoms with Crippen LogP contribution in [-0.2, 0) is 4.79 Å². The second-order valence-electron chi connectivity index (χ2n) is 3.67. The first-order valence-corrected chi connectivity index (χ1v) is 4.13. The summed E-state index contributed by atoms with van der Waals surface area (Å²) in [4.78, 5) is 11.1. The average molecular weight is 140 g/mol. The molecular weight excluding hydrogens is 124 g/mol. The van der Waals surface area contributed by atoms with E-state index in [9.17, 15) is 4.79 Å². The van der Waals surface area contributed by atoms with E-state index in [0.717, 1.165) is 0 Å². The Bertz CT molecular complexity index is 130. The van der Waals surface area contributed by atoms with Gasteiger partial charge in [0.1, 0.15) is 5.78 Å². The van der Waals surface area contributed by atoms with Crippen LogP contribution in [0.4, 0.5) is 0 Å². The lowest BCUT2D eigenvalue weighted by Crippen LogP contribution is -2.18. The van der Waals surface area contributed by atoms with E-state index in [4.69, 9.17) is 0 Å². The Morgan fingerprint density at radius 1 is 1.20 bits per heavy atom. The van der Waals surface area contributed by atoms with Gasteiger partial charge < -0.3 is 0 Å². The van der Waals surface area contributed by atoms with E-state index >= 15 is 0 Å². The molecule has 1 fully saturated rings. The van der Waals surface area contributed by atoms with Crippen molar-refractivity contribution in [1.29, 1.82) is 0 Å². The maximum atomic E-state index is 11.1. The van der Waals surface area contributed by atoms with E-state index in [-0.39, 0.29) is 0 Å². The highest BCUT2D eigenvalue weighted by Crippen LogP contribution is 2.36. The van der Waals surface area contributed by atoms with Crippen molar-refractivity contribution >= 4 is 5.78 Å². The van der Waals surface area contributed by atoms with Crippen LogP contribution in [0.2, 0.25) is 0 Å². The minimum atomic E-state index is 0.361. The van der Waals surface area contributed by atoms with Gasteiger partial charge in [-0.15, -0.1) is 0 Å². The number of hydrogen-bond donors (Lipinski definition) is 0. The maximum absolute atomic E-state index is 11.1. The first-order chi connectivity index (χ1) is 4.63. The van der Waals surface area contributed by atoms with Crippen molar-refractivity contribution in [3.8, 4) is 0 Å². The van der Waals surface area contributed by atoms with Gasteiger partial charge in [-0.05, 0) is 31.6 Å². The Kier molecular flexibility index (Phi) is 2.12. The van der Waals surface area contributed by atoms with Crippen LogP contribution in [-0.4, -0.2) is 5.78 Å². The van der Waals surface area contributed by atoms with Crippen LogP contribution in [0.3, 0.4) is 0 Å². The van der Waals surface area contributed by atoms with Crippen molar-refractivity contribution in [3.05, 3.63) is 0 Å². The van der Waals surface area contributed by atoms with Crippen molar-refractivity contribution in [2.75, 3.05) is 0 Å². The molecule has 0 spiro atoms. The van der Waals surface area contributed by atoms with Crippen molar-refractivity contribution < 1.29 is 4.79 Å². The molecule has 0 aromatic rings. The molecule has 0 bridgehead atoms. The lowest BCUT2D eigenvalue weighted by Gasteiger charge is -2.15. The number of hydrogen-bond acceptors (Lipinski definition) is 1. The van der Waals surface area contributed by atoms with Crippen LogP contribution in [0.15, 0.2) is 0 Å². The zero-order valence-electron chi connectivity index (χ0n) is 7.05. The molecule has 1 heteroatoms. The molecule has 2 atom stereocenters. The molecule has 0 N–H and O–H groups in total. The second-order valence-corrected chi connectivity index (χ2v) is 3.67. The molecule has 1 rings (SSSR count). The predicted octanol–water partition coefficient (Wildman–Crippen LogP) is 2.26. The lowest BCUT2D eigenvalue weighted by molar-refractivity contribution is -0.122. The minimum Gasteiger partial charge on any atom is -0.300 e. The predicted molar refractivity (Wildman–Crippen MR) is 41.7 cm³/mol. The summed E-state index contributed by atoms with van der Waals surface area (Å²) in [6.45, 7) is 6.11. The van der Waals surface area contributed by atoms with E-state index in [2.05, 4.69) is 13.8 Å². The lowest BCUT2D eigenvalue weighted by atomic mass is 9.88. The number of carbonyl (C=O) groups excluding carboxylic acids is 1. The van der Waals surface area contributed by atoms with Crippen molar-refractivity contribution in [1.82, 2.24) is 0 Å². The fraction of sp³-hybridized carbons (Fsp3) is 0.889. The molecule has 0 saturated heterocycles. The highest BCUT2D eigenvalue weighted by molar-refractivity contribution is 5.79. The highest BCUT2D eigenvalue weighted by atomic mass is 16.1. The summed E-state index contributed by atoms with van der Waals surface area (Å²) in [5.74, 6) is 2.01. The molecule has 0 aromatic heterocycles. The van der Waals surface area contributed by atoms with Crippen LogP contribution in [0, 0.1) is 17.8 Å². The molecule has 1 saturated carbocycles. The number of rotatable bonds is 1. The van der Waals surface area contributed by atoms with Crippen molar-refractivity contribution in [2.24, 2.45) is 17.8 Å². The molecule has 1 aliphatic carbocycles. The normalized spacial score (nSPS) is 34.7. The summed E-state index contributed by atoms with van der Waals surface area (Å²) in [5, 5.41) is 0. The maximum Gasteiger partial charge on any atom is 0.133 e. The Balaban J connectivity index is 2.63. The van der Waals surface area contributed by atoms with E-state index in [0.29, 0.717) is 23.5 Å². The molecule has 1 aliphatic rings. The molecule has 0 aromatic carbocycles. The molecule has 0 unspecified atom stereocenters. The summed E-state index contributed by atoms with van der Waals surface area (Å²) >= 11 is 0. The monoisotopic (exact) mass is 140 g/mol. The number of carbonyl (C=O) groups is 1. The number of Topliss-reactive ketones (excluding diaryl/α,β-unsaturated/α-hetero) is 1. The fourth-order valence-corrected chi connectivity index (χ4v) is 2.25. The van der Waals surface area contributed by atoms with Gasteiger partial charge in [-0.2, -0.15) is 0 Å². The van der Waals surface area contributed by atoms with Crippen molar-refractivity contribution in [2.45, 2.75) is 33.6 Å². The Morgan fingerprint density at radius 2 is 1.60 bits per heavy atom. The van der Waals surface area contributed by atoms with Crippen LogP contribution in [0.25, 0.3) is 0 Å². The molecule has 0 radical (unpaired) electrons. The standard InChI is InChI=1S/C9H16O/c1-6-4-5-7(2)9(6)8(3)10/h6-7,9H,4-5H2,1-3H3/t6-,7-/m0/s1. The summed E-state index contributed by atoms with van der Waals surface area (Å²) in [6, 6.07) is 0. The first-order valence-electron chi connectivity index (χ1n) is 4.13.